The van der Waals surface area contributed by atoms with Crippen LogP contribution >= 0.6 is 0 Å². The summed E-state index contributed by atoms with van der Waals surface area (Å²) in [7, 11) is 3.06. The predicted octanol–water partition coefficient (Wildman–Crippen LogP) is 1.19. The van der Waals surface area contributed by atoms with Crippen LogP contribution in [0.15, 0.2) is 11.5 Å². The fraction of sp³-hybridized carbons (Fsp3) is 0.667. The smallest absolute Gasteiger partial charge is 0.355 e. The molecule has 4 heteroatoms. The van der Waals surface area contributed by atoms with E-state index in [1.165, 1.54) is 7.11 Å². The van der Waals surface area contributed by atoms with Gasteiger partial charge in [-0.15, -0.1) is 0 Å². The van der Waals surface area contributed by atoms with E-state index in [0.717, 1.165) is 0 Å². The summed E-state index contributed by atoms with van der Waals surface area (Å²) in [5, 5.41) is 11.4. The van der Waals surface area contributed by atoms with Gasteiger partial charge >= 0.3 is 5.97 Å². The van der Waals surface area contributed by atoms with E-state index < -0.39 is 5.97 Å². The highest BCUT2D eigenvalue weighted by Gasteiger charge is 2.14. The van der Waals surface area contributed by atoms with Crippen LogP contribution in [0.5, 0.6) is 0 Å². The van der Waals surface area contributed by atoms with Gasteiger partial charge in [-0.2, -0.15) is 0 Å². The van der Waals surface area contributed by atoms with E-state index >= 15 is 0 Å². The molecule has 0 rings (SSSR count). The lowest BCUT2D eigenvalue weighted by Gasteiger charge is -2.12. The zero-order valence-corrected chi connectivity index (χ0v) is 8.55. The Hall–Kier alpha value is -1.19. The van der Waals surface area contributed by atoms with E-state index in [1.807, 2.05) is 13.8 Å². The fourth-order valence-corrected chi connectivity index (χ4v) is 1.02. The molecule has 4 nitrogen and oxygen atoms in total. The third-order valence-electron chi connectivity index (χ3n) is 1.58. The minimum absolute atomic E-state index is 0.135. The quantitative estimate of drug-likeness (QED) is 0.501. The number of likely N-dealkylation sites (N-methyl/N-ethyl adjacent to an activating group) is 1. The number of hydrogen-bond donors (Lipinski definition) is 2. The zero-order chi connectivity index (χ0) is 10.4. The highest BCUT2D eigenvalue weighted by atomic mass is 16.5. The van der Waals surface area contributed by atoms with Crippen LogP contribution < -0.4 is 5.32 Å². The maximum atomic E-state index is 10.7. The normalized spacial score (nSPS) is 12.4. The first-order valence-electron chi connectivity index (χ1n) is 4.21. The molecule has 0 aliphatic carbocycles. The molecule has 0 aliphatic rings. The first kappa shape index (κ1) is 11.8. The molecule has 0 bridgehead atoms. The SMILES string of the molecule is CNC(C(=O)O)=C(CC(C)C)OC. The number of allylic oxidation sites excluding steroid dienone is 1. The number of carboxylic acid groups (broad SMARTS) is 1. The van der Waals surface area contributed by atoms with Crippen molar-refractivity contribution in [3.63, 3.8) is 0 Å². The summed E-state index contributed by atoms with van der Waals surface area (Å²) in [4.78, 5) is 10.7. The summed E-state index contributed by atoms with van der Waals surface area (Å²) >= 11 is 0. The van der Waals surface area contributed by atoms with Crippen molar-refractivity contribution in [1.29, 1.82) is 0 Å². The van der Waals surface area contributed by atoms with Gasteiger partial charge in [0.05, 0.1) is 7.11 Å². The van der Waals surface area contributed by atoms with E-state index in [2.05, 4.69) is 5.32 Å². The number of methoxy groups -OCH3 is 1. The maximum Gasteiger partial charge on any atom is 0.355 e. The fourth-order valence-electron chi connectivity index (χ4n) is 1.02. The Morgan fingerprint density at radius 2 is 2.08 bits per heavy atom. The van der Waals surface area contributed by atoms with Crippen molar-refractivity contribution in [2.45, 2.75) is 20.3 Å². The van der Waals surface area contributed by atoms with Crippen molar-refractivity contribution in [3.8, 4) is 0 Å². The average Bonchev–Trinajstić information content (AvgIpc) is 2.02. The van der Waals surface area contributed by atoms with Gasteiger partial charge in [0.1, 0.15) is 5.76 Å². The number of carboxylic acids is 1. The highest BCUT2D eigenvalue weighted by molar-refractivity contribution is 5.86. The average molecular weight is 187 g/mol. The molecule has 0 aromatic heterocycles. The Bertz CT molecular complexity index is 209. The molecule has 0 aromatic carbocycles. The highest BCUT2D eigenvalue weighted by Crippen LogP contribution is 2.14. The number of hydrogen-bond acceptors (Lipinski definition) is 3. The minimum Gasteiger partial charge on any atom is -0.499 e. The molecule has 0 amide bonds. The van der Waals surface area contributed by atoms with Crippen LogP contribution in [0.4, 0.5) is 0 Å². The molecule has 0 radical (unpaired) electrons. The Kier molecular flexibility index (Phi) is 4.96. The predicted molar refractivity (Wildman–Crippen MR) is 50.2 cm³/mol. The molecule has 0 aliphatic heterocycles. The van der Waals surface area contributed by atoms with Crippen LogP contribution in [-0.2, 0) is 9.53 Å². The molecule has 0 atom stereocenters. The van der Waals surface area contributed by atoms with Gasteiger partial charge in [0.25, 0.3) is 0 Å². The first-order valence-corrected chi connectivity index (χ1v) is 4.21. The molecular weight excluding hydrogens is 170 g/mol. The lowest BCUT2D eigenvalue weighted by atomic mass is 10.1. The first-order chi connectivity index (χ1) is 6.02. The van der Waals surface area contributed by atoms with Gasteiger partial charge in [0.15, 0.2) is 5.70 Å². The van der Waals surface area contributed by atoms with Crippen molar-refractivity contribution < 1.29 is 14.6 Å². The van der Waals surface area contributed by atoms with Crippen LogP contribution in [0.3, 0.4) is 0 Å². The summed E-state index contributed by atoms with van der Waals surface area (Å²) in [5.74, 6) is -0.123. The molecule has 2 N–H and O–H groups in total. The Morgan fingerprint density at radius 1 is 1.54 bits per heavy atom. The van der Waals surface area contributed by atoms with Crippen molar-refractivity contribution in [1.82, 2.24) is 5.32 Å². The van der Waals surface area contributed by atoms with E-state index in [0.29, 0.717) is 18.1 Å². The lowest BCUT2D eigenvalue weighted by Crippen LogP contribution is -2.19. The third kappa shape index (κ3) is 3.83. The number of aliphatic carboxylic acids is 1. The number of rotatable bonds is 5. The van der Waals surface area contributed by atoms with Gasteiger partial charge < -0.3 is 15.2 Å². The van der Waals surface area contributed by atoms with Crippen LogP contribution in [0.1, 0.15) is 20.3 Å². The van der Waals surface area contributed by atoms with Crippen LogP contribution in [0, 0.1) is 5.92 Å². The monoisotopic (exact) mass is 187 g/mol. The van der Waals surface area contributed by atoms with Crippen LogP contribution in [-0.4, -0.2) is 25.2 Å². The summed E-state index contributed by atoms with van der Waals surface area (Å²) in [5.41, 5.74) is 0.135. The lowest BCUT2D eigenvalue weighted by molar-refractivity contribution is -0.133. The molecule has 0 heterocycles. The van der Waals surface area contributed by atoms with Gasteiger partial charge in [0, 0.05) is 13.5 Å². The maximum absolute atomic E-state index is 10.7. The topological polar surface area (TPSA) is 58.6 Å². The second-order valence-corrected chi connectivity index (χ2v) is 3.16. The van der Waals surface area contributed by atoms with Crippen molar-refractivity contribution in [2.24, 2.45) is 5.92 Å². The van der Waals surface area contributed by atoms with Gasteiger partial charge in [-0.1, -0.05) is 13.8 Å². The number of nitrogens with one attached hydrogen (secondary N) is 1. The Balaban J connectivity index is 4.72. The van der Waals surface area contributed by atoms with Crippen LogP contribution in [0.2, 0.25) is 0 Å². The Morgan fingerprint density at radius 3 is 2.31 bits per heavy atom. The van der Waals surface area contributed by atoms with Gasteiger partial charge in [-0.05, 0) is 5.92 Å². The van der Waals surface area contributed by atoms with Crippen LogP contribution in [0.25, 0.3) is 0 Å². The molecule has 0 fully saturated rings. The van der Waals surface area contributed by atoms with Gasteiger partial charge in [-0.3, -0.25) is 0 Å². The van der Waals surface area contributed by atoms with Crippen molar-refractivity contribution >= 4 is 5.97 Å². The number of carbonyl (C=O) groups is 1. The molecule has 13 heavy (non-hydrogen) atoms. The second kappa shape index (κ2) is 5.45. The molecule has 0 spiro atoms. The third-order valence-corrected chi connectivity index (χ3v) is 1.58. The molecule has 0 unspecified atom stereocenters. The van der Waals surface area contributed by atoms with E-state index in [9.17, 15) is 4.79 Å². The summed E-state index contributed by atoms with van der Waals surface area (Å²) in [6, 6.07) is 0. The van der Waals surface area contributed by atoms with E-state index in [-0.39, 0.29) is 5.70 Å². The molecular formula is C9H17NO3. The van der Waals surface area contributed by atoms with E-state index in [1.54, 1.807) is 7.05 Å². The molecule has 0 saturated heterocycles. The van der Waals surface area contributed by atoms with Gasteiger partial charge in [-0.25, -0.2) is 4.79 Å². The zero-order valence-electron chi connectivity index (χ0n) is 8.55. The standard InChI is InChI=1S/C9H17NO3/c1-6(2)5-7(13-4)8(10-3)9(11)12/h6,10H,5H2,1-4H3,(H,11,12). The van der Waals surface area contributed by atoms with Crippen molar-refractivity contribution in [2.75, 3.05) is 14.2 Å². The van der Waals surface area contributed by atoms with Gasteiger partial charge in [0.2, 0.25) is 0 Å². The Labute approximate surface area is 78.6 Å². The minimum atomic E-state index is -0.986. The summed E-state index contributed by atoms with van der Waals surface area (Å²) in [6.07, 6.45) is 0.624. The summed E-state index contributed by atoms with van der Waals surface area (Å²) < 4.78 is 5.01. The van der Waals surface area contributed by atoms with Crippen molar-refractivity contribution in [3.05, 3.63) is 11.5 Å². The molecule has 76 valence electrons. The summed E-state index contributed by atoms with van der Waals surface area (Å²) in [6.45, 7) is 4.02. The number of ether oxygens (including phenoxy) is 1. The largest absolute Gasteiger partial charge is 0.499 e. The second-order valence-electron chi connectivity index (χ2n) is 3.16. The van der Waals surface area contributed by atoms with E-state index in [4.69, 9.17) is 9.84 Å². The molecule has 0 saturated carbocycles. The molecule has 0 aromatic rings.